The lowest BCUT2D eigenvalue weighted by molar-refractivity contribution is 0.119. The Hall–Kier alpha value is -1.07. The summed E-state index contributed by atoms with van der Waals surface area (Å²) in [4.78, 5) is 8.61. The molecule has 0 spiro atoms. The van der Waals surface area contributed by atoms with E-state index in [1.807, 2.05) is 18.4 Å². The Morgan fingerprint density at radius 3 is 2.64 bits per heavy atom. The number of thiophene rings is 1. The highest BCUT2D eigenvalue weighted by Gasteiger charge is 2.26. The van der Waals surface area contributed by atoms with Gasteiger partial charge in [-0.25, -0.2) is 0 Å². The predicted molar refractivity (Wildman–Crippen MR) is 109 cm³/mol. The van der Waals surface area contributed by atoms with Crippen LogP contribution >= 0.6 is 11.3 Å². The topological polar surface area (TPSA) is 39.7 Å². The number of aliphatic imine (C=N–C) groups is 1. The molecule has 1 aliphatic carbocycles. The lowest BCUT2D eigenvalue weighted by Gasteiger charge is -2.39. The molecule has 140 valence electrons. The molecule has 4 nitrogen and oxygen atoms in total. The first-order valence-electron chi connectivity index (χ1n) is 10.0. The second-order valence-corrected chi connectivity index (χ2v) is 8.60. The highest BCUT2D eigenvalue weighted by atomic mass is 32.1. The van der Waals surface area contributed by atoms with Crippen molar-refractivity contribution >= 4 is 17.3 Å². The van der Waals surface area contributed by atoms with E-state index in [0.717, 1.165) is 18.5 Å². The fraction of sp³-hybridized carbons (Fsp3) is 0.750. The Bertz CT molecular complexity index is 514. The molecular formula is C20H34N4S. The van der Waals surface area contributed by atoms with E-state index in [4.69, 9.17) is 0 Å². The molecule has 2 N–H and O–H groups in total. The second kappa shape index (κ2) is 9.58. The van der Waals surface area contributed by atoms with Crippen molar-refractivity contribution in [3.05, 3.63) is 22.4 Å². The average Bonchev–Trinajstić information content (AvgIpc) is 3.21. The van der Waals surface area contributed by atoms with Gasteiger partial charge in [0.25, 0.3) is 0 Å². The molecule has 0 radical (unpaired) electrons. The summed E-state index contributed by atoms with van der Waals surface area (Å²) >= 11 is 1.83. The summed E-state index contributed by atoms with van der Waals surface area (Å²) in [6.45, 7) is 5.69. The van der Waals surface area contributed by atoms with Gasteiger partial charge in [0.2, 0.25) is 0 Å². The van der Waals surface area contributed by atoms with Crippen molar-refractivity contribution in [1.82, 2.24) is 15.5 Å². The Morgan fingerprint density at radius 1 is 1.24 bits per heavy atom. The first-order chi connectivity index (χ1) is 12.3. The standard InChI is InChI=1S/C20H34N4S/c1-16(19-9-6-14-25-19)15-22-20(21-2)23-17-10-12-24(13-11-17)18-7-4-3-5-8-18/h6,9,14,16-18H,3-5,7-8,10-13,15H2,1-2H3,(H2,21,22,23). The van der Waals surface area contributed by atoms with Crippen LogP contribution in [0.15, 0.2) is 22.5 Å². The average molecular weight is 363 g/mol. The van der Waals surface area contributed by atoms with Crippen LogP contribution in [0.4, 0.5) is 0 Å². The van der Waals surface area contributed by atoms with Crippen molar-refractivity contribution in [3.8, 4) is 0 Å². The summed E-state index contributed by atoms with van der Waals surface area (Å²) in [6.07, 6.45) is 9.61. The maximum absolute atomic E-state index is 4.43. The number of guanidine groups is 1. The van der Waals surface area contributed by atoms with Gasteiger partial charge in [-0.05, 0) is 37.1 Å². The van der Waals surface area contributed by atoms with E-state index in [2.05, 4.69) is 45.0 Å². The SMILES string of the molecule is CN=C(NCC(C)c1cccs1)NC1CCN(C2CCCCC2)CC1. The van der Waals surface area contributed by atoms with Crippen molar-refractivity contribution < 1.29 is 0 Å². The Morgan fingerprint density at radius 2 is 2.00 bits per heavy atom. The number of piperidine rings is 1. The number of nitrogens with zero attached hydrogens (tertiary/aromatic N) is 2. The fourth-order valence-corrected chi connectivity index (χ4v) is 4.95. The number of likely N-dealkylation sites (tertiary alicyclic amines) is 1. The zero-order valence-electron chi connectivity index (χ0n) is 15.8. The molecule has 1 saturated heterocycles. The van der Waals surface area contributed by atoms with Gasteiger partial charge in [0.1, 0.15) is 0 Å². The summed E-state index contributed by atoms with van der Waals surface area (Å²) in [6, 6.07) is 5.76. The van der Waals surface area contributed by atoms with Gasteiger partial charge in [-0.15, -0.1) is 11.3 Å². The summed E-state index contributed by atoms with van der Waals surface area (Å²) in [5.41, 5.74) is 0. The maximum Gasteiger partial charge on any atom is 0.191 e. The molecule has 1 saturated carbocycles. The molecule has 2 heterocycles. The zero-order valence-corrected chi connectivity index (χ0v) is 16.7. The van der Waals surface area contributed by atoms with Crippen LogP contribution in [-0.4, -0.2) is 49.6 Å². The van der Waals surface area contributed by atoms with E-state index < -0.39 is 0 Å². The Kier molecular flexibility index (Phi) is 7.17. The van der Waals surface area contributed by atoms with E-state index in [9.17, 15) is 0 Å². The fourth-order valence-electron chi connectivity index (χ4n) is 4.17. The van der Waals surface area contributed by atoms with E-state index in [1.54, 1.807) is 0 Å². The normalized spacial score (nSPS) is 22.7. The van der Waals surface area contributed by atoms with Gasteiger partial charge in [0.05, 0.1) is 0 Å². The molecule has 1 atom stereocenters. The minimum Gasteiger partial charge on any atom is -0.356 e. The van der Waals surface area contributed by atoms with E-state index in [-0.39, 0.29) is 0 Å². The van der Waals surface area contributed by atoms with Gasteiger partial charge in [0, 0.05) is 49.6 Å². The molecule has 1 aliphatic heterocycles. The summed E-state index contributed by atoms with van der Waals surface area (Å²) in [5, 5.41) is 9.31. The molecular weight excluding hydrogens is 328 g/mol. The number of nitrogens with one attached hydrogen (secondary N) is 2. The maximum atomic E-state index is 4.43. The quantitative estimate of drug-likeness (QED) is 0.618. The van der Waals surface area contributed by atoms with Crippen LogP contribution in [0.2, 0.25) is 0 Å². The largest absolute Gasteiger partial charge is 0.356 e. The molecule has 3 rings (SSSR count). The van der Waals surface area contributed by atoms with Crippen molar-refractivity contribution in [2.75, 3.05) is 26.7 Å². The van der Waals surface area contributed by atoms with Gasteiger partial charge in [-0.2, -0.15) is 0 Å². The van der Waals surface area contributed by atoms with E-state index in [0.29, 0.717) is 12.0 Å². The number of rotatable bonds is 5. The Balaban J connectivity index is 1.39. The summed E-state index contributed by atoms with van der Waals surface area (Å²) in [7, 11) is 1.88. The predicted octanol–water partition coefficient (Wildman–Crippen LogP) is 3.81. The molecule has 1 aromatic heterocycles. The second-order valence-electron chi connectivity index (χ2n) is 7.62. The van der Waals surface area contributed by atoms with Crippen molar-refractivity contribution in [3.63, 3.8) is 0 Å². The lowest BCUT2D eigenvalue weighted by Crippen LogP contribution is -2.51. The highest BCUT2D eigenvalue weighted by Crippen LogP contribution is 2.25. The minimum atomic E-state index is 0.520. The third-order valence-corrected chi connectivity index (χ3v) is 6.89. The van der Waals surface area contributed by atoms with Gasteiger partial charge < -0.3 is 15.5 Å². The highest BCUT2D eigenvalue weighted by molar-refractivity contribution is 7.10. The van der Waals surface area contributed by atoms with Crippen LogP contribution in [0.3, 0.4) is 0 Å². The van der Waals surface area contributed by atoms with E-state index in [1.165, 1.54) is 62.9 Å². The van der Waals surface area contributed by atoms with Crippen LogP contribution in [0.1, 0.15) is 62.7 Å². The van der Waals surface area contributed by atoms with Gasteiger partial charge >= 0.3 is 0 Å². The first kappa shape index (κ1) is 18.7. The van der Waals surface area contributed by atoms with Crippen LogP contribution in [0, 0.1) is 0 Å². The van der Waals surface area contributed by atoms with Gasteiger partial charge in [-0.1, -0.05) is 32.3 Å². The van der Waals surface area contributed by atoms with Crippen LogP contribution in [0.5, 0.6) is 0 Å². The first-order valence-corrected chi connectivity index (χ1v) is 10.9. The van der Waals surface area contributed by atoms with Crippen molar-refractivity contribution in [2.24, 2.45) is 4.99 Å². The molecule has 25 heavy (non-hydrogen) atoms. The van der Waals surface area contributed by atoms with Crippen LogP contribution < -0.4 is 10.6 Å². The molecule has 2 fully saturated rings. The molecule has 0 bridgehead atoms. The Labute approximate surface area is 157 Å². The summed E-state index contributed by atoms with van der Waals surface area (Å²) < 4.78 is 0. The van der Waals surface area contributed by atoms with Crippen LogP contribution in [0.25, 0.3) is 0 Å². The minimum absolute atomic E-state index is 0.520. The number of hydrogen-bond acceptors (Lipinski definition) is 3. The van der Waals surface area contributed by atoms with Crippen LogP contribution in [-0.2, 0) is 0 Å². The molecule has 5 heteroatoms. The van der Waals surface area contributed by atoms with Gasteiger partial charge in [-0.3, -0.25) is 4.99 Å². The monoisotopic (exact) mass is 362 g/mol. The third-order valence-electron chi connectivity index (χ3n) is 5.79. The van der Waals surface area contributed by atoms with Crippen molar-refractivity contribution in [1.29, 1.82) is 0 Å². The van der Waals surface area contributed by atoms with E-state index >= 15 is 0 Å². The molecule has 2 aliphatic rings. The third kappa shape index (κ3) is 5.45. The zero-order chi connectivity index (χ0) is 17.5. The lowest BCUT2D eigenvalue weighted by atomic mass is 9.92. The molecule has 1 unspecified atom stereocenters. The van der Waals surface area contributed by atoms with Gasteiger partial charge in [0.15, 0.2) is 5.96 Å². The molecule has 0 aromatic carbocycles. The smallest absolute Gasteiger partial charge is 0.191 e. The molecule has 0 amide bonds. The number of hydrogen-bond donors (Lipinski definition) is 2. The van der Waals surface area contributed by atoms with Crippen molar-refractivity contribution in [2.45, 2.75) is 69.9 Å². The summed E-state index contributed by atoms with van der Waals surface area (Å²) in [5.74, 6) is 1.48. The molecule has 1 aromatic rings.